The highest BCUT2D eigenvalue weighted by atomic mass is 16.5. The minimum Gasteiger partial charge on any atom is -0.381 e. The molecule has 0 unspecified atom stereocenters. The molecule has 0 amide bonds. The number of hydrogen-bond acceptors (Lipinski definition) is 3. The van der Waals surface area contributed by atoms with Crippen LogP contribution in [0.1, 0.15) is 38.5 Å². The lowest BCUT2D eigenvalue weighted by molar-refractivity contribution is 0.0543. The Hall–Kier alpha value is -0.120. The van der Waals surface area contributed by atoms with Gasteiger partial charge in [-0.05, 0) is 51.0 Å². The summed E-state index contributed by atoms with van der Waals surface area (Å²) in [7, 11) is 1.83. The van der Waals surface area contributed by atoms with Crippen LogP contribution in [0.3, 0.4) is 0 Å². The van der Waals surface area contributed by atoms with Crippen LogP contribution < -0.4 is 5.32 Å². The molecule has 1 heterocycles. The second-order valence-electron chi connectivity index (χ2n) is 5.17. The van der Waals surface area contributed by atoms with E-state index in [1.54, 1.807) is 0 Å². The Morgan fingerprint density at radius 3 is 2.38 bits per heavy atom. The zero-order chi connectivity index (χ0) is 11.2. The lowest BCUT2D eigenvalue weighted by Gasteiger charge is -2.30. The second-order valence-corrected chi connectivity index (χ2v) is 5.17. The van der Waals surface area contributed by atoms with Crippen LogP contribution in [0, 0.1) is 5.92 Å². The molecule has 2 rings (SSSR count). The molecule has 1 aliphatic carbocycles. The van der Waals surface area contributed by atoms with Crippen LogP contribution in [0.15, 0.2) is 0 Å². The molecule has 1 saturated heterocycles. The van der Waals surface area contributed by atoms with Crippen molar-refractivity contribution in [2.45, 2.75) is 50.7 Å². The van der Waals surface area contributed by atoms with Crippen LogP contribution in [0.5, 0.6) is 0 Å². The molecule has 0 spiro atoms. The van der Waals surface area contributed by atoms with Crippen molar-refractivity contribution in [1.82, 2.24) is 5.32 Å². The van der Waals surface area contributed by atoms with Crippen molar-refractivity contribution < 1.29 is 9.47 Å². The van der Waals surface area contributed by atoms with Gasteiger partial charge in [0.05, 0.1) is 6.10 Å². The van der Waals surface area contributed by atoms with E-state index >= 15 is 0 Å². The number of hydrogen-bond donors (Lipinski definition) is 1. The summed E-state index contributed by atoms with van der Waals surface area (Å²) in [5.74, 6) is 0.842. The maximum Gasteiger partial charge on any atom is 0.0572 e. The number of ether oxygens (including phenoxy) is 2. The molecular formula is C13H25NO2. The SMILES string of the molecule is COC1CCC(NCC2CCOCC2)CC1. The average Bonchev–Trinajstić information content (AvgIpc) is 2.38. The average molecular weight is 227 g/mol. The summed E-state index contributed by atoms with van der Waals surface area (Å²) in [4.78, 5) is 0. The highest BCUT2D eigenvalue weighted by molar-refractivity contribution is 4.78. The topological polar surface area (TPSA) is 30.5 Å². The van der Waals surface area contributed by atoms with Crippen LogP contribution in [0.2, 0.25) is 0 Å². The van der Waals surface area contributed by atoms with Crippen LogP contribution in [0.4, 0.5) is 0 Å². The van der Waals surface area contributed by atoms with Gasteiger partial charge in [-0.3, -0.25) is 0 Å². The summed E-state index contributed by atoms with van der Waals surface area (Å²) in [5.41, 5.74) is 0. The largest absolute Gasteiger partial charge is 0.381 e. The third-order valence-electron chi connectivity index (χ3n) is 4.04. The van der Waals surface area contributed by atoms with Crippen LogP contribution >= 0.6 is 0 Å². The molecule has 0 aromatic heterocycles. The Kier molecular flexibility index (Phi) is 5.07. The van der Waals surface area contributed by atoms with Gasteiger partial charge in [-0.15, -0.1) is 0 Å². The summed E-state index contributed by atoms with van der Waals surface area (Å²) in [6, 6.07) is 0.731. The highest BCUT2D eigenvalue weighted by Crippen LogP contribution is 2.21. The summed E-state index contributed by atoms with van der Waals surface area (Å²) in [5, 5.41) is 3.72. The summed E-state index contributed by atoms with van der Waals surface area (Å²) in [6.07, 6.45) is 8.00. The maximum absolute atomic E-state index is 5.39. The van der Waals surface area contributed by atoms with Crippen molar-refractivity contribution in [2.24, 2.45) is 5.92 Å². The summed E-state index contributed by atoms with van der Waals surface area (Å²) < 4.78 is 10.8. The fraction of sp³-hybridized carbons (Fsp3) is 1.00. The van der Waals surface area contributed by atoms with Gasteiger partial charge < -0.3 is 14.8 Å². The minimum absolute atomic E-state index is 0.515. The lowest BCUT2D eigenvalue weighted by atomic mass is 9.92. The third kappa shape index (κ3) is 3.72. The molecule has 2 aliphatic rings. The standard InChI is InChI=1S/C13H25NO2/c1-15-13-4-2-12(3-5-13)14-10-11-6-8-16-9-7-11/h11-14H,2-10H2,1H3. The maximum atomic E-state index is 5.39. The molecule has 1 aliphatic heterocycles. The molecule has 0 bridgehead atoms. The first-order chi connectivity index (χ1) is 7.88. The van der Waals surface area contributed by atoms with Crippen molar-refractivity contribution in [3.05, 3.63) is 0 Å². The molecule has 16 heavy (non-hydrogen) atoms. The van der Waals surface area contributed by atoms with E-state index in [4.69, 9.17) is 9.47 Å². The number of rotatable bonds is 4. The Bertz CT molecular complexity index is 184. The lowest BCUT2D eigenvalue weighted by Crippen LogP contribution is -2.38. The molecule has 0 atom stereocenters. The molecule has 0 aromatic carbocycles. The molecular weight excluding hydrogens is 202 g/mol. The van der Waals surface area contributed by atoms with Crippen molar-refractivity contribution in [3.63, 3.8) is 0 Å². The molecule has 1 saturated carbocycles. The normalized spacial score (nSPS) is 32.8. The highest BCUT2D eigenvalue weighted by Gasteiger charge is 2.21. The fourth-order valence-electron chi connectivity index (χ4n) is 2.79. The fourth-order valence-corrected chi connectivity index (χ4v) is 2.79. The van der Waals surface area contributed by atoms with Crippen LogP contribution in [-0.2, 0) is 9.47 Å². The number of methoxy groups -OCH3 is 1. The second kappa shape index (κ2) is 6.58. The minimum atomic E-state index is 0.515. The monoisotopic (exact) mass is 227 g/mol. The predicted octanol–water partition coefficient (Wildman–Crippen LogP) is 1.96. The Labute approximate surface area is 98.9 Å². The van der Waals surface area contributed by atoms with Crippen molar-refractivity contribution in [3.8, 4) is 0 Å². The van der Waals surface area contributed by atoms with Gasteiger partial charge in [0.15, 0.2) is 0 Å². The summed E-state index contributed by atoms with van der Waals surface area (Å²) >= 11 is 0. The van der Waals surface area contributed by atoms with Crippen LogP contribution in [0.25, 0.3) is 0 Å². The molecule has 94 valence electrons. The van der Waals surface area contributed by atoms with E-state index in [0.717, 1.165) is 25.2 Å². The Morgan fingerprint density at radius 2 is 1.75 bits per heavy atom. The van der Waals surface area contributed by atoms with Gasteiger partial charge in [0.1, 0.15) is 0 Å². The molecule has 3 heteroatoms. The first-order valence-corrected chi connectivity index (χ1v) is 6.72. The quantitative estimate of drug-likeness (QED) is 0.796. The van der Waals surface area contributed by atoms with Crippen molar-refractivity contribution >= 4 is 0 Å². The Morgan fingerprint density at radius 1 is 1.06 bits per heavy atom. The van der Waals surface area contributed by atoms with Gasteiger partial charge >= 0.3 is 0 Å². The summed E-state index contributed by atoms with van der Waals surface area (Å²) in [6.45, 7) is 3.11. The first-order valence-electron chi connectivity index (χ1n) is 6.72. The third-order valence-corrected chi connectivity index (χ3v) is 4.04. The van der Waals surface area contributed by atoms with E-state index < -0.39 is 0 Å². The molecule has 0 radical (unpaired) electrons. The first kappa shape index (κ1) is 12.3. The Balaban J connectivity index is 1.59. The molecule has 2 fully saturated rings. The van der Waals surface area contributed by atoms with Crippen molar-refractivity contribution in [2.75, 3.05) is 26.9 Å². The van der Waals surface area contributed by atoms with Gasteiger partial charge in [0.2, 0.25) is 0 Å². The smallest absolute Gasteiger partial charge is 0.0572 e. The molecule has 3 nitrogen and oxygen atoms in total. The van der Waals surface area contributed by atoms with E-state index in [9.17, 15) is 0 Å². The van der Waals surface area contributed by atoms with E-state index in [-0.39, 0.29) is 0 Å². The molecule has 0 aromatic rings. The van der Waals surface area contributed by atoms with E-state index in [1.165, 1.54) is 45.1 Å². The number of nitrogens with one attached hydrogen (secondary N) is 1. The van der Waals surface area contributed by atoms with E-state index in [0.29, 0.717) is 6.10 Å². The van der Waals surface area contributed by atoms with Crippen LogP contribution in [-0.4, -0.2) is 39.0 Å². The van der Waals surface area contributed by atoms with Gasteiger partial charge in [0, 0.05) is 26.4 Å². The van der Waals surface area contributed by atoms with E-state index in [2.05, 4.69) is 5.32 Å². The van der Waals surface area contributed by atoms with E-state index in [1.807, 2.05) is 7.11 Å². The zero-order valence-electron chi connectivity index (χ0n) is 10.4. The predicted molar refractivity (Wildman–Crippen MR) is 64.6 cm³/mol. The zero-order valence-corrected chi connectivity index (χ0v) is 10.4. The van der Waals surface area contributed by atoms with Gasteiger partial charge in [-0.2, -0.15) is 0 Å². The van der Waals surface area contributed by atoms with Gasteiger partial charge in [0.25, 0.3) is 0 Å². The van der Waals surface area contributed by atoms with Gasteiger partial charge in [-0.1, -0.05) is 0 Å². The molecule has 1 N–H and O–H groups in total. The van der Waals surface area contributed by atoms with Crippen molar-refractivity contribution in [1.29, 1.82) is 0 Å². The van der Waals surface area contributed by atoms with Gasteiger partial charge in [-0.25, -0.2) is 0 Å².